The third-order valence-electron chi connectivity index (χ3n) is 4.86. The Hall–Kier alpha value is -1.23. The van der Waals surface area contributed by atoms with Crippen LogP contribution in [0.1, 0.15) is 55.1 Å². The van der Waals surface area contributed by atoms with E-state index >= 15 is 0 Å². The van der Waals surface area contributed by atoms with E-state index in [2.05, 4.69) is 10.3 Å². The number of carbonyl (C=O) groups excluding carboxylic acids is 1. The smallest absolute Gasteiger partial charge is 0.355 e. The molecule has 0 atom stereocenters. The number of halogens is 2. The summed E-state index contributed by atoms with van der Waals surface area (Å²) in [6.45, 7) is 3.66. The number of ether oxygens (including phenoxy) is 1. The van der Waals surface area contributed by atoms with E-state index in [1.54, 1.807) is 19.1 Å². The first-order valence-corrected chi connectivity index (χ1v) is 9.73. The zero-order valence-corrected chi connectivity index (χ0v) is 16.0. The van der Waals surface area contributed by atoms with Gasteiger partial charge in [-0.25, -0.2) is 4.79 Å². The normalized spacial score (nSPS) is 15.6. The van der Waals surface area contributed by atoms with Crippen molar-refractivity contribution < 1.29 is 9.53 Å². The second kappa shape index (κ2) is 8.43. The molecule has 0 saturated heterocycles. The van der Waals surface area contributed by atoms with Crippen LogP contribution in [0.2, 0.25) is 10.0 Å². The van der Waals surface area contributed by atoms with Crippen LogP contribution in [0.15, 0.2) is 12.1 Å². The molecule has 4 nitrogen and oxygen atoms in total. The lowest BCUT2D eigenvalue weighted by molar-refractivity contribution is 0.0519. The molecule has 136 valence electrons. The Bertz CT molecular complexity index is 751. The van der Waals surface area contributed by atoms with E-state index in [4.69, 9.17) is 27.9 Å². The first-order valence-electron chi connectivity index (χ1n) is 8.97. The summed E-state index contributed by atoms with van der Waals surface area (Å²) >= 11 is 12.5. The number of esters is 1. The van der Waals surface area contributed by atoms with Gasteiger partial charge in [-0.15, -0.1) is 0 Å². The molecular weight excluding hydrogens is 359 g/mol. The average molecular weight is 383 g/mol. The van der Waals surface area contributed by atoms with Gasteiger partial charge in [-0.1, -0.05) is 42.5 Å². The predicted octanol–water partition coefficient (Wildman–Crippen LogP) is 5.32. The fourth-order valence-electron chi connectivity index (χ4n) is 3.66. The van der Waals surface area contributed by atoms with Gasteiger partial charge in [0.2, 0.25) is 0 Å². The zero-order valence-electron chi connectivity index (χ0n) is 14.5. The topological polar surface area (TPSA) is 54.1 Å². The Balaban J connectivity index is 1.85. The highest BCUT2D eigenvalue weighted by atomic mass is 35.5. The van der Waals surface area contributed by atoms with Gasteiger partial charge in [0, 0.05) is 28.0 Å². The van der Waals surface area contributed by atoms with Gasteiger partial charge < -0.3 is 15.0 Å². The van der Waals surface area contributed by atoms with Gasteiger partial charge in [-0.05, 0) is 44.4 Å². The fourth-order valence-corrected chi connectivity index (χ4v) is 4.27. The van der Waals surface area contributed by atoms with Gasteiger partial charge in [0.15, 0.2) is 0 Å². The Labute approximate surface area is 158 Å². The van der Waals surface area contributed by atoms with Gasteiger partial charge in [0.05, 0.1) is 11.6 Å². The van der Waals surface area contributed by atoms with Crippen LogP contribution in [0.25, 0.3) is 10.9 Å². The molecule has 25 heavy (non-hydrogen) atoms. The number of aromatic amines is 1. The summed E-state index contributed by atoms with van der Waals surface area (Å²) in [6, 6.07) is 3.50. The molecule has 1 aliphatic carbocycles. The molecule has 6 heteroatoms. The SMILES string of the molecule is CCOC(=O)c1[nH]c2cc(Cl)cc(Cl)c2c1CNCC1CCCCC1. The lowest BCUT2D eigenvalue weighted by Gasteiger charge is -2.21. The van der Waals surface area contributed by atoms with Crippen LogP contribution in [-0.2, 0) is 11.3 Å². The number of fused-ring (bicyclic) bond motifs is 1. The third kappa shape index (κ3) is 4.30. The monoisotopic (exact) mass is 382 g/mol. The second-order valence-corrected chi connectivity index (χ2v) is 7.49. The molecule has 1 heterocycles. The molecule has 0 radical (unpaired) electrons. The third-order valence-corrected chi connectivity index (χ3v) is 5.37. The summed E-state index contributed by atoms with van der Waals surface area (Å²) in [5.74, 6) is 0.357. The molecule has 0 unspecified atom stereocenters. The molecule has 0 amide bonds. The highest BCUT2D eigenvalue weighted by Crippen LogP contribution is 2.33. The number of nitrogens with one attached hydrogen (secondary N) is 2. The van der Waals surface area contributed by atoms with E-state index < -0.39 is 0 Å². The van der Waals surface area contributed by atoms with Crippen molar-refractivity contribution in [1.29, 1.82) is 0 Å². The van der Waals surface area contributed by atoms with Crippen molar-refractivity contribution in [3.8, 4) is 0 Å². The number of aromatic nitrogens is 1. The lowest BCUT2D eigenvalue weighted by Crippen LogP contribution is -2.25. The first-order chi connectivity index (χ1) is 12.1. The number of rotatable bonds is 6. The van der Waals surface area contributed by atoms with E-state index in [1.807, 2.05) is 0 Å². The van der Waals surface area contributed by atoms with E-state index in [-0.39, 0.29) is 5.97 Å². The Morgan fingerprint density at radius 3 is 2.76 bits per heavy atom. The predicted molar refractivity (Wildman–Crippen MR) is 103 cm³/mol. The second-order valence-electron chi connectivity index (χ2n) is 6.64. The number of carbonyl (C=O) groups is 1. The van der Waals surface area contributed by atoms with Crippen molar-refractivity contribution in [2.75, 3.05) is 13.2 Å². The van der Waals surface area contributed by atoms with Crippen LogP contribution >= 0.6 is 23.2 Å². The standard InChI is InChI=1S/C19H24Cl2N2O2/c1-2-25-19(24)18-14(11-22-10-12-6-4-3-5-7-12)17-15(21)8-13(20)9-16(17)23-18/h8-9,12,22-23H,2-7,10-11H2,1H3. The fraction of sp³-hybridized carbons (Fsp3) is 0.526. The van der Waals surface area contributed by atoms with E-state index in [1.165, 1.54) is 32.1 Å². The van der Waals surface area contributed by atoms with Crippen LogP contribution in [0.3, 0.4) is 0 Å². The Morgan fingerprint density at radius 1 is 1.28 bits per heavy atom. The summed E-state index contributed by atoms with van der Waals surface area (Å²) < 4.78 is 5.19. The lowest BCUT2D eigenvalue weighted by atomic mass is 9.89. The van der Waals surface area contributed by atoms with Crippen LogP contribution < -0.4 is 5.32 Å². The summed E-state index contributed by atoms with van der Waals surface area (Å²) in [6.07, 6.45) is 6.54. The minimum absolute atomic E-state index is 0.331. The first kappa shape index (κ1) is 18.6. The Morgan fingerprint density at radius 2 is 2.04 bits per heavy atom. The molecule has 0 bridgehead atoms. The molecule has 0 aliphatic heterocycles. The molecular formula is C19H24Cl2N2O2. The van der Waals surface area contributed by atoms with Crippen LogP contribution in [0.4, 0.5) is 0 Å². The van der Waals surface area contributed by atoms with Gasteiger partial charge in [0.25, 0.3) is 0 Å². The highest BCUT2D eigenvalue weighted by molar-refractivity contribution is 6.39. The molecule has 1 aliphatic rings. The van der Waals surface area contributed by atoms with Crippen molar-refractivity contribution in [2.24, 2.45) is 5.92 Å². The molecule has 0 spiro atoms. The Kier molecular flexibility index (Phi) is 6.26. The summed E-state index contributed by atoms with van der Waals surface area (Å²) in [4.78, 5) is 15.5. The van der Waals surface area contributed by atoms with Gasteiger partial charge >= 0.3 is 5.97 Å². The number of hydrogen-bond donors (Lipinski definition) is 2. The highest BCUT2D eigenvalue weighted by Gasteiger charge is 2.21. The van der Waals surface area contributed by atoms with Crippen molar-refractivity contribution in [1.82, 2.24) is 10.3 Å². The maximum absolute atomic E-state index is 12.3. The van der Waals surface area contributed by atoms with E-state index in [0.29, 0.717) is 28.9 Å². The number of hydrogen-bond acceptors (Lipinski definition) is 3. The summed E-state index contributed by atoms with van der Waals surface area (Å²) in [5, 5.41) is 5.43. The zero-order chi connectivity index (χ0) is 17.8. The molecule has 1 aromatic carbocycles. The maximum Gasteiger partial charge on any atom is 0.355 e. The van der Waals surface area contributed by atoms with Crippen molar-refractivity contribution in [2.45, 2.75) is 45.6 Å². The summed E-state index contributed by atoms with van der Waals surface area (Å²) in [5.41, 5.74) is 2.07. The number of benzene rings is 1. The van der Waals surface area contributed by atoms with E-state index in [0.717, 1.165) is 28.9 Å². The minimum atomic E-state index is -0.361. The van der Waals surface area contributed by atoms with Crippen LogP contribution in [0.5, 0.6) is 0 Å². The minimum Gasteiger partial charge on any atom is -0.461 e. The molecule has 3 rings (SSSR count). The molecule has 2 N–H and O–H groups in total. The molecule has 2 aromatic rings. The molecule has 1 fully saturated rings. The van der Waals surface area contributed by atoms with Crippen molar-refractivity contribution >= 4 is 40.1 Å². The van der Waals surface area contributed by atoms with Crippen molar-refractivity contribution in [3.05, 3.63) is 33.4 Å². The van der Waals surface area contributed by atoms with E-state index in [9.17, 15) is 4.79 Å². The van der Waals surface area contributed by atoms with Gasteiger partial charge in [-0.2, -0.15) is 0 Å². The number of H-pyrrole nitrogens is 1. The molecule has 1 aromatic heterocycles. The summed E-state index contributed by atoms with van der Waals surface area (Å²) in [7, 11) is 0. The largest absolute Gasteiger partial charge is 0.461 e. The molecule has 1 saturated carbocycles. The quantitative estimate of drug-likeness (QED) is 0.664. The van der Waals surface area contributed by atoms with Gasteiger partial charge in [-0.3, -0.25) is 0 Å². The van der Waals surface area contributed by atoms with Crippen LogP contribution in [0, 0.1) is 5.92 Å². The van der Waals surface area contributed by atoms with Gasteiger partial charge in [0.1, 0.15) is 5.69 Å². The van der Waals surface area contributed by atoms with Crippen LogP contribution in [-0.4, -0.2) is 24.1 Å². The average Bonchev–Trinajstić information content (AvgIpc) is 2.95. The maximum atomic E-state index is 12.3. The van der Waals surface area contributed by atoms with Crippen molar-refractivity contribution in [3.63, 3.8) is 0 Å².